The van der Waals surface area contributed by atoms with Crippen molar-refractivity contribution in [2.75, 3.05) is 21.3 Å². The normalized spacial score (nSPS) is 10.2. The first-order valence-corrected chi connectivity index (χ1v) is 7.18. The van der Waals surface area contributed by atoms with Crippen molar-refractivity contribution in [3.05, 3.63) is 27.4 Å². The van der Waals surface area contributed by atoms with Gasteiger partial charge in [0.2, 0.25) is 5.75 Å². The summed E-state index contributed by atoms with van der Waals surface area (Å²) in [6, 6.07) is 5.37. The first-order valence-electron chi connectivity index (χ1n) is 5.59. The Bertz CT molecular complexity index is 590. The molecule has 0 saturated heterocycles. The molecule has 106 valence electrons. The molecule has 0 fully saturated rings. The molecule has 0 aliphatic heterocycles. The minimum absolute atomic E-state index is 0.535. The third kappa shape index (κ3) is 3.04. The van der Waals surface area contributed by atoms with Gasteiger partial charge < -0.3 is 14.2 Å². The smallest absolute Gasteiger partial charge is 0.203 e. The highest BCUT2D eigenvalue weighted by Crippen LogP contribution is 2.40. The second kappa shape index (κ2) is 6.41. The highest BCUT2D eigenvalue weighted by Gasteiger charge is 2.15. The summed E-state index contributed by atoms with van der Waals surface area (Å²) >= 11 is 6.68. The maximum absolute atomic E-state index is 5.32. The van der Waals surface area contributed by atoms with E-state index in [2.05, 4.69) is 41.8 Å². The molecule has 0 saturated carbocycles. The molecule has 0 amide bonds. The zero-order valence-electron chi connectivity index (χ0n) is 11.1. The first kappa shape index (κ1) is 15.1. The second-order valence-electron chi connectivity index (χ2n) is 3.75. The van der Waals surface area contributed by atoms with Crippen LogP contribution >= 0.6 is 31.9 Å². The fourth-order valence-corrected chi connectivity index (χ4v) is 2.81. The van der Waals surface area contributed by atoms with E-state index in [1.165, 1.54) is 0 Å². The van der Waals surface area contributed by atoms with E-state index in [9.17, 15) is 0 Å². The molecular formula is C13H12Br2N2O3. The van der Waals surface area contributed by atoms with Crippen LogP contribution in [0.5, 0.6) is 17.2 Å². The molecule has 20 heavy (non-hydrogen) atoms. The summed E-state index contributed by atoms with van der Waals surface area (Å²) in [4.78, 5) is 8.67. The summed E-state index contributed by atoms with van der Waals surface area (Å²) in [6.07, 6.45) is 0. The SMILES string of the molecule is COc1cc(-c2nc(Br)cc(Br)n2)cc(OC)c1OC. The van der Waals surface area contributed by atoms with Crippen LogP contribution in [0.25, 0.3) is 11.4 Å². The van der Waals surface area contributed by atoms with Gasteiger partial charge in [-0.25, -0.2) is 9.97 Å². The van der Waals surface area contributed by atoms with Crippen LogP contribution in [0.3, 0.4) is 0 Å². The van der Waals surface area contributed by atoms with Gasteiger partial charge in [-0.1, -0.05) is 0 Å². The lowest BCUT2D eigenvalue weighted by Crippen LogP contribution is -1.97. The molecule has 5 nitrogen and oxygen atoms in total. The quantitative estimate of drug-likeness (QED) is 0.728. The van der Waals surface area contributed by atoms with Crippen LogP contribution in [0.2, 0.25) is 0 Å². The summed E-state index contributed by atoms with van der Waals surface area (Å²) in [5.74, 6) is 2.20. The highest BCUT2D eigenvalue weighted by atomic mass is 79.9. The second-order valence-corrected chi connectivity index (χ2v) is 5.38. The lowest BCUT2D eigenvalue weighted by molar-refractivity contribution is 0.324. The summed E-state index contributed by atoms with van der Waals surface area (Å²) in [6.45, 7) is 0. The number of rotatable bonds is 4. The lowest BCUT2D eigenvalue weighted by Gasteiger charge is -2.13. The maximum Gasteiger partial charge on any atom is 0.203 e. The molecule has 0 aliphatic carbocycles. The summed E-state index contributed by atoms with van der Waals surface area (Å²) < 4.78 is 17.3. The Kier molecular flexibility index (Phi) is 4.82. The van der Waals surface area contributed by atoms with Crippen molar-refractivity contribution < 1.29 is 14.2 Å². The number of benzene rings is 1. The van der Waals surface area contributed by atoms with Crippen LogP contribution in [0.4, 0.5) is 0 Å². The minimum atomic E-state index is 0.535. The van der Waals surface area contributed by atoms with Gasteiger partial charge in [0.1, 0.15) is 9.21 Å². The highest BCUT2D eigenvalue weighted by molar-refractivity contribution is 9.11. The zero-order chi connectivity index (χ0) is 14.7. The summed E-state index contributed by atoms with van der Waals surface area (Å²) in [5.41, 5.74) is 0.765. The Morgan fingerprint density at radius 1 is 0.800 bits per heavy atom. The Balaban J connectivity index is 2.62. The van der Waals surface area contributed by atoms with Crippen LogP contribution in [-0.2, 0) is 0 Å². The van der Waals surface area contributed by atoms with Crippen molar-refractivity contribution in [2.45, 2.75) is 0 Å². The number of methoxy groups -OCH3 is 3. The van der Waals surface area contributed by atoms with E-state index in [0.29, 0.717) is 32.3 Å². The third-order valence-electron chi connectivity index (χ3n) is 2.59. The van der Waals surface area contributed by atoms with Gasteiger partial charge in [0, 0.05) is 11.6 Å². The largest absolute Gasteiger partial charge is 0.493 e. The van der Waals surface area contributed by atoms with Crippen molar-refractivity contribution in [2.24, 2.45) is 0 Å². The van der Waals surface area contributed by atoms with Crippen LogP contribution in [0.15, 0.2) is 27.4 Å². The molecule has 0 radical (unpaired) electrons. The molecule has 2 rings (SSSR count). The molecule has 2 aromatic rings. The van der Waals surface area contributed by atoms with Crippen molar-refractivity contribution in [3.63, 3.8) is 0 Å². The number of aromatic nitrogens is 2. The topological polar surface area (TPSA) is 53.5 Å². The molecular weight excluding hydrogens is 392 g/mol. The van der Waals surface area contributed by atoms with Gasteiger partial charge in [-0.05, 0) is 44.0 Å². The summed E-state index contributed by atoms with van der Waals surface area (Å²) in [7, 11) is 4.70. The van der Waals surface area contributed by atoms with Crippen molar-refractivity contribution in [1.82, 2.24) is 9.97 Å². The summed E-state index contributed by atoms with van der Waals surface area (Å²) in [5, 5.41) is 0. The van der Waals surface area contributed by atoms with E-state index in [1.807, 2.05) is 0 Å². The molecule has 0 N–H and O–H groups in total. The predicted molar refractivity (Wildman–Crippen MR) is 82.5 cm³/mol. The van der Waals surface area contributed by atoms with Crippen LogP contribution in [0, 0.1) is 0 Å². The van der Waals surface area contributed by atoms with Crippen LogP contribution in [-0.4, -0.2) is 31.3 Å². The minimum Gasteiger partial charge on any atom is -0.493 e. The van der Waals surface area contributed by atoms with Crippen molar-refractivity contribution >= 4 is 31.9 Å². The Hall–Kier alpha value is -1.34. The van der Waals surface area contributed by atoms with Gasteiger partial charge >= 0.3 is 0 Å². The molecule has 7 heteroatoms. The van der Waals surface area contributed by atoms with Crippen LogP contribution in [0.1, 0.15) is 0 Å². The zero-order valence-corrected chi connectivity index (χ0v) is 14.3. The molecule has 1 aromatic heterocycles. The molecule has 0 aliphatic rings. The predicted octanol–water partition coefficient (Wildman–Crippen LogP) is 3.69. The van der Waals surface area contributed by atoms with E-state index in [0.717, 1.165) is 5.56 Å². The standard InChI is InChI=1S/C13H12Br2N2O3/c1-18-8-4-7(5-9(19-2)12(8)20-3)13-16-10(14)6-11(15)17-13/h4-6H,1-3H3. The Morgan fingerprint density at radius 3 is 1.70 bits per heavy atom. The molecule has 1 aromatic carbocycles. The molecule has 1 heterocycles. The van der Waals surface area contributed by atoms with Crippen LogP contribution < -0.4 is 14.2 Å². The van der Waals surface area contributed by atoms with Crippen molar-refractivity contribution in [3.8, 4) is 28.6 Å². The first-order chi connectivity index (χ1) is 9.58. The van der Waals surface area contributed by atoms with Crippen molar-refractivity contribution in [1.29, 1.82) is 0 Å². The van der Waals surface area contributed by atoms with Gasteiger partial charge in [-0.2, -0.15) is 0 Å². The average molecular weight is 404 g/mol. The van der Waals surface area contributed by atoms with E-state index >= 15 is 0 Å². The van der Waals surface area contributed by atoms with Gasteiger partial charge in [0.25, 0.3) is 0 Å². The van der Waals surface area contributed by atoms with Gasteiger partial charge in [-0.15, -0.1) is 0 Å². The molecule has 0 bridgehead atoms. The monoisotopic (exact) mass is 402 g/mol. The van der Waals surface area contributed by atoms with Gasteiger partial charge in [0.05, 0.1) is 21.3 Å². The fourth-order valence-electron chi connectivity index (χ4n) is 1.73. The fraction of sp³-hybridized carbons (Fsp3) is 0.231. The average Bonchev–Trinajstić information content (AvgIpc) is 2.44. The number of hydrogen-bond acceptors (Lipinski definition) is 5. The van der Waals surface area contributed by atoms with Gasteiger partial charge in [-0.3, -0.25) is 0 Å². The van der Waals surface area contributed by atoms with E-state index in [4.69, 9.17) is 14.2 Å². The molecule has 0 unspecified atom stereocenters. The number of hydrogen-bond donors (Lipinski definition) is 0. The lowest BCUT2D eigenvalue weighted by atomic mass is 10.1. The number of ether oxygens (including phenoxy) is 3. The Morgan fingerprint density at radius 2 is 1.30 bits per heavy atom. The molecule has 0 spiro atoms. The maximum atomic E-state index is 5.32. The molecule has 0 atom stereocenters. The van der Waals surface area contributed by atoms with Gasteiger partial charge in [0.15, 0.2) is 17.3 Å². The van der Waals surface area contributed by atoms with E-state index < -0.39 is 0 Å². The number of halogens is 2. The number of nitrogens with zero attached hydrogens (tertiary/aromatic N) is 2. The Labute approximate surface area is 133 Å². The third-order valence-corrected chi connectivity index (χ3v) is 3.40. The van der Waals surface area contributed by atoms with E-state index in [-0.39, 0.29) is 0 Å². The van der Waals surface area contributed by atoms with E-state index in [1.54, 1.807) is 39.5 Å².